The van der Waals surface area contributed by atoms with E-state index in [4.69, 9.17) is 0 Å². The van der Waals surface area contributed by atoms with Gasteiger partial charge >= 0.3 is 6.18 Å². The predicted octanol–water partition coefficient (Wildman–Crippen LogP) is 4.58. The Labute approximate surface area is 224 Å². The standard InChI is InChI=1S/C29H31F3N4O3/c1-36-22-7-3-2-6-21(22)24(19-11-13-20(14-12-19)29(30,31)32)33-25(26(36)38)34-27(39)28(16-4-5-17-28)35-23(37)15-10-18-8-9-18/h2-3,6-7,11-14,18,25H,4-5,8-10,15-17H2,1H3,(H,34,39)(H,35,37). The lowest BCUT2D eigenvalue weighted by Gasteiger charge is -2.31. The van der Waals surface area contributed by atoms with Gasteiger partial charge in [-0.05, 0) is 43.4 Å². The Balaban J connectivity index is 1.45. The number of benzene rings is 2. The summed E-state index contributed by atoms with van der Waals surface area (Å²) in [4.78, 5) is 45.9. The highest BCUT2D eigenvalue weighted by Gasteiger charge is 2.44. The van der Waals surface area contributed by atoms with Crippen LogP contribution in [-0.2, 0) is 20.6 Å². The highest BCUT2D eigenvalue weighted by molar-refractivity contribution is 6.20. The molecule has 2 fully saturated rings. The molecule has 7 nitrogen and oxygen atoms in total. The van der Waals surface area contributed by atoms with Crippen LogP contribution in [0.1, 0.15) is 68.1 Å². The smallest absolute Gasteiger partial charge is 0.342 e. The van der Waals surface area contributed by atoms with Crippen molar-refractivity contribution in [2.45, 2.75) is 69.2 Å². The maximum atomic E-state index is 13.7. The molecule has 3 amide bonds. The summed E-state index contributed by atoms with van der Waals surface area (Å²) < 4.78 is 39.5. The third-order valence-electron chi connectivity index (χ3n) is 7.84. The molecule has 2 aromatic rings. The normalized spacial score (nSPS) is 20.6. The van der Waals surface area contributed by atoms with Crippen LogP contribution >= 0.6 is 0 Å². The number of amides is 3. The molecular formula is C29H31F3N4O3. The minimum atomic E-state index is -4.49. The van der Waals surface area contributed by atoms with Crippen LogP contribution < -0.4 is 15.5 Å². The number of benzodiazepines with no additional fused rings is 1. The van der Waals surface area contributed by atoms with Crippen molar-refractivity contribution < 1.29 is 27.6 Å². The Hall–Kier alpha value is -3.69. The number of carbonyl (C=O) groups is 3. The molecule has 1 heterocycles. The summed E-state index contributed by atoms with van der Waals surface area (Å²) in [6.45, 7) is 0. The number of rotatable bonds is 7. The minimum absolute atomic E-state index is 0.176. The number of nitrogens with one attached hydrogen (secondary N) is 2. The van der Waals surface area contributed by atoms with E-state index in [1.807, 2.05) is 0 Å². The molecule has 5 rings (SSSR count). The molecule has 1 unspecified atom stereocenters. The Morgan fingerprint density at radius 3 is 2.36 bits per heavy atom. The molecule has 2 aliphatic carbocycles. The molecule has 0 radical (unpaired) electrons. The predicted molar refractivity (Wildman–Crippen MR) is 140 cm³/mol. The van der Waals surface area contributed by atoms with Gasteiger partial charge in [0.25, 0.3) is 5.91 Å². The molecule has 0 spiro atoms. The van der Waals surface area contributed by atoms with Crippen LogP contribution in [0.15, 0.2) is 53.5 Å². The summed E-state index contributed by atoms with van der Waals surface area (Å²) in [6.07, 6.45) is 0.0583. The van der Waals surface area contributed by atoms with Gasteiger partial charge in [-0.15, -0.1) is 0 Å². The quantitative estimate of drug-likeness (QED) is 0.539. The van der Waals surface area contributed by atoms with Gasteiger partial charge in [-0.3, -0.25) is 14.4 Å². The largest absolute Gasteiger partial charge is 0.416 e. The molecule has 1 atom stereocenters. The van der Waals surface area contributed by atoms with Crippen molar-refractivity contribution in [1.29, 1.82) is 0 Å². The second-order valence-electron chi connectivity index (χ2n) is 10.7. The first kappa shape index (κ1) is 26.9. The fraction of sp³-hybridized carbons (Fsp3) is 0.448. The van der Waals surface area contributed by atoms with Crippen LogP contribution in [0.25, 0.3) is 0 Å². The van der Waals surface area contributed by atoms with E-state index in [-0.39, 0.29) is 11.6 Å². The third-order valence-corrected chi connectivity index (χ3v) is 7.84. The monoisotopic (exact) mass is 540 g/mol. The summed E-state index contributed by atoms with van der Waals surface area (Å²) in [5, 5.41) is 5.72. The molecule has 1 aliphatic heterocycles. The molecule has 0 bridgehead atoms. The number of aliphatic imine (C=N–C) groups is 1. The summed E-state index contributed by atoms with van der Waals surface area (Å²) in [5.74, 6) is -0.564. The second kappa shape index (κ2) is 10.5. The number of hydrogen-bond acceptors (Lipinski definition) is 4. The highest BCUT2D eigenvalue weighted by atomic mass is 19.4. The molecule has 2 aromatic carbocycles. The number of fused-ring (bicyclic) bond motifs is 1. The summed E-state index contributed by atoms with van der Waals surface area (Å²) in [5.41, 5.74) is -0.191. The fourth-order valence-corrected chi connectivity index (χ4v) is 5.38. The average Bonchev–Trinajstić information content (AvgIpc) is 3.65. The summed E-state index contributed by atoms with van der Waals surface area (Å²) in [6, 6.07) is 11.5. The highest BCUT2D eigenvalue weighted by Crippen LogP contribution is 2.35. The lowest BCUT2D eigenvalue weighted by atomic mass is 9.95. The molecule has 10 heteroatoms. The second-order valence-corrected chi connectivity index (χ2v) is 10.7. The zero-order valence-electron chi connectivity index (χ0n) is 21.7. The van der Waals surface area contributed by atoms with Gasteiger partial charge in [0.15, 0.2) is 0 Å². The van der Waals surface area contributed by atoms with Crippen molar-refractivity contribution in [3.8, 4) is 0 Å². The lowest BCUT2D eigenvalue weighted by molar-refractivity contribution is -0.137. The maximum absolute atomic E-state index is 13.7. The van der Waals surface area contributed by atoms with Gasteiger partial charge in [0, 0.05) is 24.6 Å². The van der Waals surface area contributed by atoms with E-state index < -0.39 is 35.3 Å². The molecule has 3 aliphatic rings. The van der Waals surface area contributed by atoms with E-state index in [2.05, 4.69) is 15.6 Å². The van der Waals surface area contributed by atoms with Gasteiger partial charge in [-0.25, -0.2) is 4.99 Å². The van der Waals surface area contributed by atoms with Crippen LogP contribution in [0.2, 0.25) is 0 Å². The van der Waals surface area contributed by atoms with E-state index >= 15 is 0 Å². The molecular weight excluding hydrogens is 509 g/mol. The zero-order valence-corrected chi connectivity index (χ0v) is 21.7. The Morgan fingerprint density at radius 1 is 1.05 bits per heavy atom. The minimum Gasteiger partial charge on any atom is -0.342 e. The first-order chi connectivity index (χ1) is 18.6. The van der Waals surface area contributed by atoms with Crippen molar-refractivity contribution in [2.75, 3.05) is 11.9 Å². The van der Waals surface area contributed by atoms with Crippen molar-refractivity contribution in [3.63, 3.8) is 0 Å². The third kappa shape index (κ3) is 5.69. The number of para-hydroxylation sites is 1. The van der Waals surface area contributed by atoms with Crippen molar-refractivity contribution >= 4 is 29.1 Å². The Morgan fingerprint density at radius 2 is 1.72 bits per heavy atom. The van der Waals surface area contributed by atoms with Crippen molar-refractivity contribution in [3.05, 3.63) is 65.2 Å². The Bertz CT molecular complexity index is 1300. The van der Waals surface area contributed by atoms with E-state index in [0.29, 0.717) is 42.0 Å². The van der Waals surface area contributed by atoms with Crippen molar-refractivity contribution in [1.82, 2.24) is 10.6 Å². The molecule has 2 saturated carbocycles. The summed E-state index contributed by atoms with van der Waals surface area (Å²) in [7, 11) is 1.57. The van der Waals surface area contributed by atoms with Crippen LogP contribution in [0.4, 0.5) is 18.9 Å². The maximum Gasteiger partial charge on any atom is 0.416 e. The first-order valence-electron chi connectivity index (χ1n) is 13.3. The van der Waals surface area contributed by atoms with Gasteiger partial charge in [0.1, 0.15) is 5.54 Å². The van der Waals surface area contributed by atoms with Crippen molar-refractivity contribution in [2.24, 2.45) is 10.9 Å². The number of halogens is 3. The SMILES string of the molecule is CN1C(=O)C(NC(=O)C2(NC(=O)CCC3CC3)CCCC2)N=C(c2ccc(C(F)(F)F)cc2)c2ccccc21. The number of alkyl halides is 3. The van der Waals surface area contributed by atoms with E-state index in [0.717, 1.165) is 44.2 Å². The van der Waals surface area contributed by atoms with E-state index in [9.17, 15) is 27.6 Å². The number of hydrogen-bond donors (Lipinski definition) is 2. The molecule has 0 aromatic heterocycles. The number of nitrogens with zero attached hydrogens (tertiary/aromatic N) is 2. The Kier molecular flexibility index (Phi) is 7.22. The average molecular weight is 541 g/mol. The van der Waals surface area contributed by atoms with Gasteiger partial charge in [0.2, 0.25) is 18.0 Å². The van der Waals surface area contributed by atoms with Crippen LogP contribution in [-0.4, -0.2) is 42.2 Å². The van der Waals surface area contributed by atoms with E-state index in [1.54, 1.807) is 31.3 Å². The fourth-order valence-electron chi connectivity index (χ4n) is 5.38. The number of carbonyl (C=O) groups excluding carboxylic acids is 3. The summed E-state index contributed by atoms with van der Waals surface area (Å²) >= 11 is 0. The van der Waals surface area contributed by atoms with Crippen LogP contribution in [0.3, 0.4) is 0 Å². The molecule has 0 saturated heterocycles. The number of likely N-dealkylation sites (N-methyl/N-ethyl adjacent to an activating group) is 1. The van der Waals surface area contributed by atoms with Crippen LogP contribution in [0, 0.1) is 5.92 Å². The van der Waals surface area contributed by atoms with Gasteiger partial charge in [-0.2, -0.15) is 13.2 Å². The van der Waals surface area contributed by atoms with Gasteiger partial charge in [0.05, 0.1) is 17.0 Å². The zero-order chi connectivity index (χ0) is 27.8. The molecule has 2 N–H and O–H groups in total. The first-order valence-corrected chi connectivity index (χ1v) is 13.3. The number of anilines is 1. The van der Waals surface area contributed by atoms with E-state index in [1.165, 1.54) is 17.0 Å². The molecule has 39 heavy (non-hydrogen) atoms. The molecule has 206 valence electrons. The topological polar surface area (TPSA) is 90.9 Å². The van der Waals surface area contributed by atoms with Crippen LogP contribution in [0.5, 0.6) is 0 Å². The lowest BCUT2D eigenvalue weighted by Crippen LogP contribution is -2.60. The van der Waals surface area contributed by atoms with Gasteiger partial charge in [-0.1, -0.05) is 56.0 Å². The van der Waals surface area contributed by atoms with Gasteiger partial charge < -0.3 is 15.5 Å².